The molecule has 0 saturated carbocycles. The lowest BCUT2D eigenvalue weighted by atomic mass is 10.1. The first-order valence-corrected chi connectivity index (χ1v) is 4.83. The number of ether oxygens (including phenoxy) is 1. The molecule has 2 rings (SSSR count). The lowest BCUT2D eigenvalue weighted by Crippen LogP contribution is -2.03. The molecule has 5 heteroatoms. The van der Waals surface area contributed by atoms with Gasteiger partial charge in [0.2, 0.25) is 0 Å². The number of nitrogens with one attached hydrogen (secondary N) is 1. The Morgan fingerprint density at radius 2 is 2.12 bits per heavy atom. The number of hydrogen-bond acceptors (Lipinski definition) is 4. The number of esters is 1. The summed E-state index contributed by atoms with van der Waals surface area (Å²) in [7, 11) is 1.30. The first-order valence-electron chi connectivity index (χ1n) is 4.83. The summed E-state index contributed by atoms with van der Waals surface area (Å²) in [6.45, 7) is 0. The van der Waals surface area contributed by atoms with E-state index in [0.717, 1.165) is 5.56 Å². The van der Waals surface area contributed by atoms with Crippen LogP contribution in [0.1, 0.15) is 22.0 Å². The van der Waals surface area contributed by atoms with E-state index in [1.807, 2.05) is 30.3 Å². The number of aromatic nitrogens is 3. The Morgan fingerprint density at radius 1 is 1.38 bits per heavy atom. The van der Waals surface area contributed by atoms with Crippen molar-refractivity contribution in [1.29, 1.82) is 0 Å². The first kappa shape index (κ1) is 10.4. The first-order chi connectivity index (χ1) is 7.79. The van der Waals surface area contributed by atoms with Crippen molar-refractivity contribution in [2.75, 3.05) is 7.11 Å². The Hall–Kier alpha value is -2.17. The molecule has 1 N–H and O–H groups in total. The van der Waals surface area contributed by atoms with Gasteiger partial charge in [-0.2, -0.15) is 0 Å². The van der Waals surface area contributed by atoms with Crippen LogP contribution in [0.2, 0.25) is 0 Å². The van der Waals surface area contributed by atoms with Gasteiger partial charge < -0.3 is 4.74 Å². The second-order valence-electron chi connectivity index (χ2n) is 3.26. The monoisotopic (exact) mass is 217 g/mol. The molecule has 5 nitrogen and oxygen atoms in total. The SMILES string of the molecule is COC(=O)c1n[nH]c(Cc2ccccc2)n1. The van der Waals surface area contributed by atoms with Gasteiger partial charge in [0.05, 0.1) is 7.11 Å². The van der Waals surface area contributed by atoms with Crippen LogP contribution >= 0.6 is 0 Å². The topological polar surface area (TPSA) is 67.9 Å². The minimum atomic E-state index is -0.532. The minimum Gasteiger partial charge on any atom is -0.463 e. The van der Waals surface area contributed by atoms with Crippen LogP contribution in [0, 0.1) is 0 Å². The third-order valence-corrected chi connectivity index (χ3v) is 2.11. The maximum atomic E-state index is 11.1. The molecule has 0 amide bonds. The minimum absolute atomic E-state index is 0.0634. The molecule has 0 radical (unpaired) electrons. The zero-order valence-electron chi connectivity index (χ0n) is 8.80. The summed E-state index contributed by atoms with van der Waals surface area (Å²) in [6.07, 6.45) is 0.616. The molecule has 2 aromatic rings. The van der Waals surface area contributed by atoms with E-state index in [-0.39, 0.29) is 5.82 Å². The Bertz CT molecular complexity index is 479. The van der Waals surface area contributed by atoms with Gasteiger partial charge in [-0.05, 0) is 5.56 Å². The highest BCUT2D eigenvalue weighted by molar-refractivity contribution is 5.84. The average molecular weight is 217 g/mol. The largest absolute Gasteiger partial charge is 0.463 e. The van der Waals surface area contributed by atoms with Crippen molar-refractivity contribution in [2.24, 2.45) is 0 Å². The molecule has 0 saturated heterocycles. The van der Waals surface area contributed by atoms with Crippen molar-refractivity contribution in [1.82, 2.24) is 15.2 Å². The summed E-state index contributed by atoms with van der Waals surface area (Å²) in [6, 6.07) is 9.82. The van der Waals surface area contributed by atoms with Gasteiger partial charge in [-0.15, -0.1) is 5.10 Å². The molecule has 16 heavy (non-hydrogen) atoms. The Balaban J connectivity index is 2.12. The number of H-pyrrole nitrogens is 1. The fourth-order valence-corrected chi connectivity index (χ4v) is 1.35. The van der Waals surface area contributed by atoms with Gasteiger partial charge in [-0.1, -0.05) is 30.3 Å². The average Bonchev–Trinajstić information content (AvgIpc) is 2.78. The number of rotatable bonds is 3. The second kappa shape index (κ2) is 4.57. The van der Waals surface area contributed by atoms with E-state index in [9.17, 15) is 4.79 Å². The molecule has 0 atom stereocenters. The van der Waals surface area contributed by atoms with Crippen molar-refractivity contribution in [3.05, 3.63) is 47.5 Å². The van der Waals surface area contributed by atoms with Gasteiger partial charge in [0.15, 0.2) is 0 Å². The quantitative estimate of drug-likeness (QED) is 0.784. The van der Waals surface area contributed by atoms with Crippen molar-refractivity contribution < 1.29 is 9.53 Å². The van der Waals surface area contributed by atoms with Crippen molar-refractivity contribution >= 4 is 5.97 Å². The summed E-state index contributed by atoms with van der Waals surface area (Å²) in [5.74, 6) is 0.176. The number of carbonyl (C=O) groups excluding carboxylic acids is 1. The lowest BCUT2D eigenvalue weighted by Gasteiger charge is -1.95. The van der Waals surface area contributed by atoms with E-state index >= 15 is 0 Å². The van der Waals surface area contributed by atoms with Gasteiger partial charge >= 0.3 is 5.97 Å². The van der Waals surface area contributed by atoms with Crippen LogP contribution in [-0.4, -0.2) is 28.3 Å². The smallest absolute Gasteiger partial charge is 0.377 e. The molecule has 1 heterocycles. The van der Waals surface area contributed by atoms with Crippen molar-refractivity contribution in [2.45, 2.75) is 6.42 Å². The molecule has 0 spiro atoms. The third-order valence-electron chi connectivity index (χ3n) is 2.11. The maximum absolute atomic E-state index is 11.1. The van der Waals surface area contributed by atoms with Crippen LogP contribution in [-0.2, 0) is 11.2 Å². The Kier molecular flexibility index (Phi) is 2.95. The Labute approximate surface area is 92.5 Å². The Morgan fingerprint density at radius 3 is 2.81 bits per heavy atom. The normalized spacial score (nSPS) is 10.1. The predicted molar refractivity (Wildman–Crippen MR) is 57.0 cm³/mol. The summed E-state index contributed by atoms with van der Waals surface area (Å²) < 4.78 is 4.52. The molecule has 1 aromatic heterocycles. The molecular formula is C11H11N3O2. The van der Waals surface area contributed by atoms with E-state index in [1.54, 1.807) is 0 Å². The van der Waals surface area contributed by atoms with Crippen LogP contribution in [0.3, 0.4) is 0 Å². The van der Waals surface area contributed by atoms with E-state index in [0.29, 0.717) is 12.2 Å². The molecule has 0 unspecified atom stereocenters. The number of aromatic amines is 1. The van der Waals surface area contributed by atoms with E-state index in [2.05, 4.69) is 19.9 Å². The molecule has 0 aliphatic carbocycles. The number of nitrogens with zero attached hydrogens (tertiary/aromatic N) is 2. The number of benzene rings is 1. The standard InChI is InChI=1S/C11H11N3O2/c1-16-11(15)10-12-9(13-14-10)7-8-5-3-2-4-6-8/h2-6H,7H2,1H3,(H,12,13,14). The van der Waals surface area contributed by atoms with E-state index in [1.165, 1.54) is 7.11 Å². The van der Waals surface area contributed by atoms with E-state index in [4.69, 9.17) is 0 Å². The maximum Gasteiger partial charge on any atom is 0.377 e. The van der Waals surface area contributed by atoms with Crippen molar-refractivity contribution in [3.63, 3.8) is 0 Å². The predicted octanol–water partition coefficient (Wildman–Crippen LogP) is 1.18. The molecule has 0 fully saturated rings. The third kappa shape index (κ3) is 2.25. The molecular weight excluding hydrogens is 206 g/mol. The number of carbonyl (C=O) groups is 1. The van der Waals surface area contributed by atoms with Crippen LogP contribution < -0.4 is 0 Å². The molecule has 82 valence electrons. The summed E-state index contributed by atoms with van der Waals surface area (Å²) in [4.78, 5) is 15.1. The fourth-order valence-electron chi connectivity index (χ4n) is 1.35. The van der Waals surface area contributed by atoms with Gasteiger partial charge in [-0.25, -0.2) is 9.78 Å². The highest BCUT2D eigenvalue weighted by Crippen LogP contribution is 2.05. The highest BCUT2D eigenvalue weighted by Gasteiger charge is 2.12. The van der Waals surface area contributed by atoms with Crippen LogP contribution in [0.15, 0.2) is 30.3 Å². The van der Waals surface area contributed by atoms with Crippen LogP contribution in [0.4, 0.5) is 0 Å². The lowest BCUT2D eigenvalue weighted by molar-refractivity contribution is 0.0587. The van der Waals surface area contributed by atoms with Crippen molar-refractivity contribution in [3.8, 4) is 0 Å². The van der Waals surface area contributed by atoms with Crippen LogP contribution in [0.5, 0.6) is 0 Å². The summed E-state index contributed by atoms with van der Waals surface area (Å²) in [5.41, 5.74) is 1.11. The molecule has 0 aliphatic heterocycles. The molecule has 0 bridgehead atoms. The highest BCUT2D eigenvalue weighted by atomic mass is 16.5. The fraction of sp³-hybridized carbons (Fsp3) is 0.182. The van der Waals surface area contributed by atoms with E-state index < -0.39 is 5.97 Å². The van der Waals surface area contributed by atoms with Crippen LogP contribution in [0.25, 0.3) is 0 Å². The van der Waals surface area contributed by atoms with Gasteiger partial charge in [-0.3, -0.25) is 5.10 Å². The summed E-state index contributed by atoms with van der Waals surface area (Å²) in [5, 5.41) is 6.48. The molecule has 0 aliphatic rings. The zero-order chi connectivity index (χ0) is 11.4. The zero-order valence-corrected chi connectivity index (χ0v) is 8.80. The summed E-state index contributed by atoms with van der Waals surface area (Å²) >= 11 is 0. The molecule has 1 aromatic carbocycles. The second-order valence-corrected chi connectivity index (χ2v) is 3.26. The number of hydrogen-bond donors (Lipinski definition) is 1. The van der Waals surface area contributed by atoms with Gasteiger partial charge in [0, 0.05) is 6.42 Å². The van der Waals surface area contributed by atoms with Gasteiger partial charge in [0.25, 0.3) is 5.82 Å². The number of methoxy groups -OCH3 is 1. The van der Waals surface area contributed by atoms with Gasteiger partial charge in [0.1, 0.15) is 5.82 Å².